The average molecular weight is 474 g/mol. The Bertz CT molecular complexity index is 1490. The van der Waals surface area contributed by atoms with Crippen molar-refractivity contribution >= 4 is 42.2 Å². The molecule has 0 N–H and O–H groups in total. The standard InChI is InChI=1S/C28H22ClO3S/c1-2-18-31-24-17-16-23(29)26-27(30)22-10-6-7-11-25(22)33(28(24)26)21-14-12-20(13-15-21)32-19-8-4-3-5-9-19/h3-17H,2,18H2,1H3/q+1. The Labute approximate surface area is 199 Å². The van der Waals surface area contributed by atoms with Crippen LogP contribution in [-0.2, 0) is 0 Å². The van der Waals surface area contributed by atoms with Crippen molar-refractivity contribution in [3.63, 3.8) is 0 Å². The second-order valence-electron chi connectivity index (χ2n) is 7.62. The first-order valence-electron chi connectivity index (χ1n) is 10.8. The van der Waals surface area contributed by atoms with Gasteiger partial charge in [-0.25, -0.2) is 0 Å². The first-order chi connectivity index (χ1) is 16.2. The van der Waals surface area contributed by atoms with E-state index in [2.05, 4.69) is 19.1 Å². The van der Waals surface area contributed by atoms with Gasteiger partial charge in [0.25, 0.3) is 0 Å². The van der Waals surface area contributed by atoms with Crippen LogP contribution in [0.1, 0.15) is 13.3 Å². The van der Waals surface area contributed by atoms with Crippen molar-refractivity contribution in [3.8, 4) is 22.1 Å². The van der Waals surface area contributed by atoms with E-state index in [9.17, 15) is 4.79 Å². The lowest BCUT2D eigenvalue weighted by Crippen LogP contribution is -2.05. The van der Waals surface area contributed by atoms with Crippen molar-refractivity contribution < 1.29 is 9.47 Å². The zero-order chi connectivity index (χ0) is 22.8. The average Bonchev–Trinajstić information content (AvgIpc) is 2.85. The number of hydrogen-bond acceptors (Lipinski definition) is 3. The van der Waals surface area contributed by atoms with Crippen molar-refractivity contribution in [2.75, 3.05) is 6.61 Å². The van der Waals surface area contributed by atoms with Gasteiger partial charge >= 0.3 is 0 Å². The van der Waals surface area contributed by atoms with Crippen molar-refractivity contribution in [2.24, 2.45) is 0 Å². The summed E-state index contributed by atoms with van der Waals surface area (Å²) in [5, 5.41) is 1.68. The van der Waals surface area contributed by atoms with Crippen LogP contribution in [0.2, 0.25) is 5.02 Å². The SMILES string of the molecule is CCCOc1ccc(Cl)c2c(=O)c3ccccc3[s+](-c3ccc(Oc4ccccc4)cc3)c12. The number of benzene rings is 4. The highest BCUT2D eigenvalue weighted by Crippen LogP contribution is 2.48. The predicted octanol–water partition coefficient (Wildman–Crippen LogP) is 8.33. The molecule has 0 radical (unpaired) electrons. The van der Waals surface area contributed by atoms with E-state index in [1.54, 1.807) is 6.07 Å². The first-order valence-corrected chi connectivity index (χ1v) is 12.4. The molecule has 0 aliphatic heterocycles. The summed E-state index contributed by atoms with van der Waals surface area (Å²) < 4.78 is 13.9. The number of ether oxygens (including phenoxy) is 2. The number of fused-ring (bicyclic) bond motifs is 2. The lowest BCUT2D eigenvalue weighted by Gasteiger charge is -2.10. The molecule has 5 heteroatoms. The summed E-state index contributed by atoms with van der Waals surface area (Å²) in [4.78, 5) is 14.5. The summed E-state index contributed by atoms with van der Waals surface area (Å²) in [5.74, 6) is 2.25. The van der Waals surface area contributed by atoms with Gasteiger partial charge in [-0.3, -0.25) is 4.79 Å². The fourth-order valence-electron chi connectivity index (χ4n) is 3.87. The van der Waals surface area contributed by atoms with Gasteiger partial charge in [-0.2, -0.15) is 0 Å². The molecule has 0 bridgehead atoms. The third-order valence-corrected chi connectivity index (χ3v) is 8.02. The van der Waals surface area contributed by atoms with Gasteiger partial charge in [-0.05, 0) is 55.0 Å². The quantitative estimate of drug-likeness (QED) is 0.184. The molecular formula is C28H22ClO3S+. The Kier molecular flexibility index (Phi) is 6.03. The molecule has 1 aromatic heterocycles. The zero-order valence-electron chi connectivity index (χ0n) is 18.1. The van der Waals surface area contributed by atoms with Gasteiger partial charge < -0.3 is 9.47 Å². The van der Waals surface area contributed by atoms with Gasteiger partial charge in [0.1, 0.15) is 16.9 Å². The molecule has 1 atom stereocenters. The predicted molar refractivity (Wildman–Crippen MR) is 139 cm³/mol. The van der Waals surface area contributed by atoms with E-state index in [0.29, 0.717) is 28.2 Å². The maximum atomic E-state index is 13.4. The minimum Gasteiger partial charge on any atom is -0.488 e. The van der Waals surface area contributed by atoms with Crippen molar-refractivity contribution in [2.45, 2.75) is 13.3 Å². The minimum absolute atomic E-state index is 0.0553. The van der Waals surface area contributed by atoms with Crippen LogP contribution in [-0.4, -0.2) is 6.61 Å². The van der Waals surface area contributed by atoms with Crippen molar-refractivity contribution in [1.82, 2.24) is 0 Å². The molecule has 0 saturated heterocycles. The van der Waals surface area contributed by atoms with Crippen LogP contribution < -0.4 is 14.9 Å². The van der Waals surface area contributed by atoms with Gasteiger partial charge in [0.2, 0.25) is 10.1 Å². The summed E-state index contributed by atoms with van der Waals surface area (Å²) in [6.07, 6.45) is 0.876. The molecule has 5 rings (SSSR count). The van der Waals surface area contributed by atoms with Crippen molar-refractivity contribution in [3.05, 3.63) is 106 Å². The Morgan fingerprint density at radius 3 is 2.27 bits per heavy atom. The summed E-state index contributed by atoms with van der Waals surface area (Å²) in [5.41, 5.74) is -0.0553. The highest BCUT2D eigenvalue weighted by molar-refractivity contribution is 7.49. The van der Waals surface area contributed by atoms with Crippen LogP contribution in [0.4, 0.5) is 0 Å². The summed E-state index contributed by atoms with van der Waals surface area (Å²) in [6, 6.07) is 29.1. The van der Waals surface area contributed by atoms with Gasteiger partial charge in [0, 0.05) is 22.6 Å². The van der Waals surface area contributed by atoms with Crippen LogP contribution in [0.3, 0.4) is 0 Å². The lowest BCUT2D eigenvalue weighted by molar-refractivity contribution is 0.321. The minimum atomic E-state index is -0.544. The van der Waals surface area contributed by atoms with E-state index in [1.807, 2.05) is 72.8 Å². The monoisotopic (exact) mass is 473 g/mol. The van der Waals surface area contributed by atoms with E-state index < -0.39 is 10.5 Å². The number of halogens is 1. The fraction of sp³-hybridized carbons (Fsp3) is 0.107. The molecule has 0 spiro atoms. The van der Waals surface area contributed by atoms with Crippen molar-refractivity contribution in [1.29, 1.82) is 0 Å². The Morgan fingerprint density at radius 1 is 0.818 bits per heavy atom. The van der Waals surface area contributed by atoms with Crippen LogP contribution >= 0.6 is 22.1 Å². The molecular weight excluding hydrogens is 452 g/mol. The molecule has 1 unspecified atom stereocenters. The van der Waals surface area contributed by atoms with E-state index in [4.69, 9.17) is 21.1 Å². The Morgan fingerprint density at radius 2 is 1.52 bits per heavy atom. The third kappa shape index (κ3) is 4.08. The second kappa shape index (κ2) is 9.26. The molecule has 1 heterocycles. The third-order valence-electron chi connectivity index (χ3n) is 5.35. The molecule has 5 aromatic rings. The zero-order valence-corrected chi connectivity index (χ0v) is 19.7. The normalized spacial score (nSPS) is 11.6. The number of rotatable bonds is 6. The highest BCUT2D eigenvalue weighted by atomic mass is 35.5. The molecule has 4 aromatic carbocycles. The molecule has 0 aliphatic rings. The van der Waals surface area contributed by atoms with Gasteiger partial charge in [-0.15, -0.1) is 0 Å². The molecule has 0 fully saturated rings. The molecule has 164 valence electrons. The van der Waals surface area contributed by atoms with Crippen LogP contribution in [0, 0.1) is 0 Å². The smallest absolute Gasteiger partial charge is 0.234 e. The fourth-order valence-corrected chi connectivity index (χ4v) is 6.62. The topological polar surface area (TPSA) is 35.5 Å². The molecule has 3 nitrogen and oxygen atoms in total. The van der Waals surface area contributed by atoms with Crippen LogP contribution in [0.25, 0.3) is 25.1 Å². The number of hydrogen-bond donors (Lipinski definition) is 0. The summed E-state index contributed by atoms with van der Waals surface area (Å²) >= 11 is 6.59. The molecule has 0 aliphatic carbocycles. The second-order valence-corrected chi connectivity index (χ2v) is 9.96. The Balaban J connectivity index is 1.74. The van der Waals surface area contributed by atoms with Gasteiger partial charge in [0.05, 0.1) is 17.0 Å². The van der Waals surface area contributed by atoms with Crippen LogP contribution in [0.15, 0.2) is 95.8 Å². The lowest BCUT2D eigenvalue weighted by atomic mass is 10.2. The highest BCUT2D eigenvalue weighted by Gasteiger charge is 2.28. The Hall–Kier alpha value is -3.34. The summed E-state index contributed by atoms with van der Waals surface area (Å²) in [6.45, 7) is 2.64. The number of para-hydroxylation sites is 1. The van der Waals surface area contributed by atoms with E-state index >= 15 is 0 Å². The molecule has 0 amide bonds. The largest absolute Gasteiger partial charge is 0.488 e. The van der Waals surface area contributed by atoms with E-state index in [1.165, 1.54) is 0 Å². The molecule has 0 saturated carbocycles. The maximum Gasteiger partial charge on any atom is 0.234 e. The van der Waals surface area contributed by atoms with Crippen LogP contribution in [0.5, 0.6) is 17.2 Å². The first kappa shape index (κ1) is 21.5. The summed E-state index contributed by atoms with van der Waals surface area (Å²) in [7, 11) is -0.544. The van der Waals surface area contributed by atoms with E-state index in [-0.39, 0.29) is 5.43 Å². The van der Waals surface area contributed by atoms with E-state index in [0.717, 1.165) is 32.2 Å². The van der Waals surface area contributed by atoms with Gasteiger partial charge in [0.15, 0.2) is 15.3 Å². The van der Waals surface area contributed by atoms with Gasteiger partial charge in [-0.1, -0.05) is 48.9 Å². The molecule has 33 heavy (non-hydrogen) atoms. The maximum absolute atomic E-state index is 13.4.